The highest BCUT2D eigenvalue weighted by atomic mass is 32.1. The van der Waals surface area contributed by atoms with Gasteiger partial charge in [0.1, 0.15) is 23.4 Å². The molecule has 2 heterocycles. The average Bonchev–Trinajstić information content (AvgIpc) is 3.41. The van der Waals surface area contributed by atoms with Crippen LogP contribution in [-0.4, -0.2) is 30.6 Å². The summed E-state index contributed by atoms with van der Waals surface area (Å²) >= 11 is 1.54. The highest BCUT2D eigenvalue weighted by Gasteiger charge is 2.18. The maximum Gasteiger partial charge on any atom is 0.309 e. The van der Waals surface area contributed by atoms with Gasteiger partial charge in [0.25, 0.3) is 0 Å². The molecule has 1 aromatic carbocycles. The molecule has 146 valence electrons. The first-order valence-corrected chi connectivity index (χ1v) is 9.51. The number of methoxy groups -OCH3 is 1. The number of amides is 2. The molecule has 8 heteroatoms. The summed E-state index contributed by atoms with van der Waals surface area (Å²) in [7, 11) is 1.53. The summed E-state index contributed by atoms with van der Waals surface area (Å²) < 4.78 is 10.8. The molecule has 1 atom stereocenters. The van der Waals surface area contributed by atoms with Gasteiger partial charge in [0.2, 0.25) is 0 Å². The second-order valence-corrected chi connectivity index (χ2v) is 6.71. The topological polar surface area (TPSA) is 101 Å². The maximum absolute atomic E-state index is 12.0. The summed E-state index contributed by atoms with van der Waals surface area (Å²) in [4.78, 5) is 23.9. The third kappa shape index (κ3) is 4.79. The normalized spacial score (nSPS) is 11.6. The van der Waals surface area contributed by atoms with E-state index in [-0.39, 0.29) is 13.1 Å². The smallest absolute Gasteiger partial charge is 0.309 e. The van der Waals surface area contributed by atoms with Gasteiger partial charge in [-0.15, -0.1) is 0 Å². The number of furan rings is 1. The maximum atomic E-state index is 12.0. The lowest BCUT2D eigenvalue weighted by atomic mass is 10.2. The second kappa shape index (κ2) is 9.20. The van der Waals surface area contributed by atoms with E-state index in [1.54, 1.807) is 35.6 Å². The van der Waals surface area contributed by atoms with Crippen molar-refractivity contribution in [2.24, 2.45) is 0 Å². The van der Waals surface area contributed by atoms with Crippen LogP contribution in [0.4, 0.5) is 0 Å². The van der Waals surface area contributed by atoms with Crippen LogP contribution in [0.2, 0.25) is 0 Å². The van der Waals surface area contributed by atoms with Gasteiger partial charge in [-0.2, -0.15) is 11.3 Å². The largest absolute Gasteiger partial charge is 0.496 e. The lowest BCUT2D eigenvalue weighted by Crippen LogP contribution is -2.41. The summed E-state index contributed by atoms with van der Waals surface area (Å²) in [6.45, 7) is 0.0124. The van der Waals surface area contributed by atoms with Crippen molar-refractivity contribution in [3.8, 4) is 17.1 Å². The van der Waals surface area contributed by atoms with Gasteiger partial charge in [-0.1, -0.05) is 18.2 Å². The minimum atomic E-state index is -1.06. The molecule has 0 radical (unpaired) electrons. The van der Waals surface area contributed by atoms with Crippen molar-refractivity contribution in [3.05, 3.63) is 64.5 Å². The Morgan fingerprint density at radius 1 is 1.14 bits per heavy atom. The van der Waals surface area contributed by atoms with E-state index < -0.39 is 17.9 Å². The molecule has 0 saturated carbocycles. The summed E-state index contributed by atoms with van der Waals surface area (Å²) in [6, 6.07) is 12.5. The van der Waals surface area contributed by atoms with Crippen molar-refractivity contribution in [2.45, 2.75) is 12.6 Å². The average molecular weight is 400 g/mol. The van der Waals surface area contributed by atoms with Gasteiger partial charge >= 0.3 is 11.8 Å². The van der Waals surface area contributed by atoms with Crippen LogP contribution in [0.1, 0.15) is 17.4 Å². The monoisotopic (exact) mass is 400 g/mol. The van der Waals surface area contributed by atoms with Gasteiger partial charge in [0, 0.05) is 23.1 Å². The summed E-state index contributed by atoms with van der Waals surface area (Å²) in [5, 5.41) is 19.0. The van der Waals surface area contributed by atoms with E-state index in [2.05, 4.69) is 10.6 Å². The van der Waals surface area contributed by atoms with E-state index in [9.17, 15) is 14.7 Å². The lowest BCUT2D eigenvalue weighted by Gasteiger charge is -2.11. The summed E-state index contributed by atoms with van der Waals surface area (Å²) in [5.74, 6) is -0.0555. The fraction of sp³-hybridized carbons (Fsp3) is 0.200. The number of aliphatic hydroxyl groups excluding tert-OH is 1. The van der Waals surface area contributed by atoms with Crippen molar-refractivity contribution in [1.82, 2.24) is 10.6 Å². The lowest BCUT2D eigenvalue weighted by molar-refractivity contribution is -0.139. The predicted molar refractivity (Wildman–Crippen MR) is 105 cm³/mol. The second-order valence-electron chi connectivity index (χ2n) is 5.93. The zero-order chi connectivity index (χ0) is 19.9. The number of thiophene rings is 1. The van der Waals surface area contributed by atoms with Crippen LogP contribution < -0.4 is 15.4 Å². The zero-order valence-corrected chi connectivity index (χ0v) is 16.0. The molecule has 0 saturated heterocycles. The van der Waals surface area contributed by atoms with E-state index in [1.165, 1.54) is 7.11 Å². The van der Waals surface area contributed by atoms with Crippen LogP contribution in [0, 0.1) is 0 Å². The molecule has 0 aliphatic rings. The van der Waals surface area contributed by atoms with E-state index in [4.69, 9.17) is 9.15 Å². The summed E-state index contributed by atoms with van der Waals surface area (Å²) in [5.41, 5.74) is 1.67. The van der Waals surface area contributed by atoms with Gasteiger partial charge in [0.15, 0.2) is 0 Å². The molecule has 0 spiro atoms. The van der Waals surface area contributed by atoms with Gasteiger partial charge in [-0.05, 0) is 29.6 Å². The first-order chi connectivity index (χ1) is 13.6. The van der Waals surface area contributed by atoms with E-state index >= 15 is 0 Å². The Morgan fingerprint density at radius 3 is 2.68 bits per heavy atom. The van der Waals surface area contributed by atoms with Crippen LogP contribution in [0.3, 0.4) is 0 Å². The van der Waals surface area contributed by atoms with E-state index in [1.807, 2.05) is 29.0 Å². The fourth-order valence-corrected chi connectivity index (χ4v) is 3.21. The van der Waals surface area contributed by atoms with Crippen molar-refractivity contribution >= 4 is 23.2 Å². The standard InChI is InChI=1S/C20H20N2O5S/c1-26-16-5-3-2-4-13(16)10-21-19(24)20(25)22-11-15(23)18-7-6-17(27-18)14-8-9-28-12-14/h2-9,12,15,23H,10-11H2,1H3,(H,21,24)(H,22,25). The van der Waals surface area contributed by atoms with Gasteiger partial charge < -0.3 is 24.9 Å². The van der Waals surface area contributed by atoms with E-state index in [0.29, 0.717) is 17.3 Å². The quantitative estimate of drug-likeness (QED) is 0.529. The third-order valence-corrected chi connectivity index (χ3v) is 4.74. The number of carbonyl (C=O) groups is 2. The number of rotatable bonds is 7. The molecular formula is C20H20N2O5S. The van der Waals surface area contributed by atoms with Gasteiger partial charge in [0.05, 0.1) is 13.7 Å². The van der Waals surface area contributed by atoms with Crippen LogP contribution in [-0.2, 0) is 16.1 Å². The predicted octanol–water partition coefficient (Wildman–Crippen LogP) is 2.48. The molecule has 7 nitrogen and oxygen atoms in total. The molecule has 0 bridgehead atoms. The Balaban J connectivity index is 1.48. The molecule has 3 aromatic rings. The molecule has 1 unspecified atom stereocenters. The number of hydrogen-bond acceptors (Lipinski definition) is 6. The molecule has 3 rings (SSSR count). The Hall–Kier alpha value is -3.10. The highest BCUT2D eigenvalue weighted by Crippen LogP contribution is 2.26. The molecule has 3 N–H and O–H groups in total. The number of aliphatic hydroxyl groups is 1. The first kappa shape index (κ1) is 19.7. The summed E-state index contributed by atoms with van der Waals surface area (Å²) in [6.07, 6.45) is -1.06. The third-order valence-electron chi connectivity index (χ3n) is 4.06. The van der Waals surface area contributed by atoms with Crippen molar-refractivity contribution < 1.29 is 23.8 Å². The molecule has 2 amide bonds. The number of hydrogen-bond donors (Lipinski definition) is 3. The number of carbonyl (C=O) groups excluding carboxylic acids is 2. The van der Waals surface area contributed by atoms with Crippen LogP contribution in [0.25, 0.3) is 11.3 Å². The van der Waals surface area contributed by atoms with Crippen molar-refractivity contribution in [3.63, 3.8) is 0 Å². The molecule has 0 aliphatic heterocycles. The first-order valence-electron chi connectivity index (χ1n) is 8.56. The molecule has 2 aromatic heterocycles. The number of para-hydroxylation sites is 1. The van der Waals surface area contributed by atoms with Crippen molar-refractivity contribution in [1.29, 1.82) is 0 Å². The Morgan fingerprint density at radius 2 is 1.93 bits per heavy atom. The molecule has 0 aliphatic carbocycles. The molecule has 0 fully saturated rings. The molecular weight excluding hydrogens is 380 g/mol. The van der Waals surface area contributed by atoms with Crippen molar-refractivity contribution in [2.75, 3.05) is 13.7 Å². The minimum absolute atomic E-state index is 0.141. The number of nitrogens with one attached hydrogen (secondary N) is 2. The SMILES string of the molecule is COc1ccccc1CNC(=O)C(=O)NCC(O)c1ccc(-c2ccsc2)o1. The van der Waals surface area contributed by atoms with Crippen LogP contribution in [0.5, 0.6) is 5.75 Å². The Kier molecular flexibility index (Phi) is 6.46. The van der Waals surface area contributed by atoms with Crippen LogP contribution >= 0.6 is 11.3 Å². The zero-order valence-electron chi connectivity index (χ0n) is 15.2. The van der Waals surface area contributed by atoms with Gasteiger partial charge in [-0.3, -0.25) is 9.59 Å². The fourth-order valence-electron chi connectivity index (χ4n) is 2.57. The highest BCUT2D eigenvalue weighted by molar-refractivity contribution is 7.08. The molecule has 28 heavy (non-hydrogen) atoms. The van der Waals surface area contributed by atoms with Gasteiger partial charge in [-0.25, -0.2) is 0 Å². The number of benzene rings is 1. The Labute approximate surface area is 166 Å². The Bertz CT molecular complexity index is 936. The van der Waals surface area contributed by atoms with Crippen LogP contribution in [0.15, 0.2) is 57.6 Å². The minimum Gasteiger partial charge on any atom is -0.496 e. The number of ether oxygens (including phenoxy) is 1. The van der Waals surface area contributed by atoms with E-state index in [0.717, 1.165) is 11.1 Å².